The molecule has 0 atom stereocenters. The van der Waals surface area contributed by atoms with Crippen LogP contribution in [0.5, 0.6) is 0 Å². The molecule has 0 saturated carbocycles. The van der Waals surface area contributed by atoms with Crippen LogP contribution in [0.3, 0.4) is 0 Å². The van der Waals surface area contributed by atoms with Crippen LogP contribution < -0.4 is 5.32 Å². The summed E-state index contributed by atoms with van der Waals surface area (Å²) in [5, 5.41) is 3.37. The molecule has 2 rings (SSSR count). The van der Waals surface area contributed by atoms with Gasteiger partial charge in [-0.3, -0.25) is 4.79 Å². The van der Waals surface area contributed by atoms with Crippen molar-refractivity contribution >= 4 is 21.8 Å². The summed E-state index contributed by atoms with van der Waals surface area (Å²) in [6, 6.07) is 5.85. The van der Waals surface area contributed by atoms with Gasteiger partial charge < -0.3 is 10.2 Å². The number of amides is 1. The second-order valence-electron chi connectivity index (χ2n) is 5.50. The van der Waals surface area contributed by atoms with Gasteiger partial charge in [-0.1, -0.05) is 22.0 Å². The molecule has 0 spiro atoms. The number of carbonyl (C=O) groups is 1. The number of nitrogens with zero attached hydrogens (tertiary/aromatic N) is 1. The van der Waals surface area contributed by atoms with E-state index in [1.165, 1.54) is 12.8 Å². The maximum Gasteiger partial charge on any atom is 0.253 e. The van der Waals surface area contributed by atoms with Crippen LogP contribution in [0.1, 0.15) is 35.7 Å². The van der Waals surface area contributed by atoms with E-state index in [2.05, 4.69) is 28.2 Å². The number of hydrogen-bond acceptors (Lipinski definition) is 2. The van der Waals surface area contributed by atoms with E-state index in [1.807, 2.05) is 30.0 Å². The lowest BCUT2D eigenvalue weighted by atomic mass is 9.97. The molecule has 1 fully saturated rings. The second kappa shape index (κ2) is 7.23. The van der Waals surface area contributed by atoms with Crippen molar-refractivity contribution in [3.8, 4) is 0 Å². The fourth-order valence-corrected chi connectivity index (χ4v) is 3.02. The zero-order valence-corrected chi connectivity index (χ0v) is 13.9. The lowest BCUT2D eigenvalue weighted by Crippen LogP contribution is -2.39. The zero-order valence-electron chi connectivity index (χ0n) is 12.3. The number of hydrogen-bond donors (Lipinski definition) is 1. The molecule has 1 aliphatic rings. The van der Waals surface area contributed by atoms with Gasteiger partial charge in [0.25, 0.3) is 5.91 Å². The van der Waals surface area contributed by atoms with Gasteiger partial charge in [-0.2, -0.15) is 0 Å². The molecule has 1 N–H and O–H groups in total. The largest absolute Gasteiger partial charge is 0.339 e. The smallest absolute Gasteiger partial charge is 0.253 e. The van der Waals surface area contributed by atoms with Crippen LogP contribution in [0, 0.1) is 12.8 Å². The molecule has 4 heteroatoms. The van der Waals surface area contributed by atoms with Gasteiger partial charge in [0, 0.05) is 23.1 Å². The Morgan fingerprint density at radius 1 is 1.40 bits per heavy atom. The van der Waals surface area contributed by atoms with Crippen LogP contribution in [0.15, 0.2) is 22.7 Å². The third kappa shape index (κ3) is 3.83. The molecule has 20 heavy (non-hydrogen) atoms. The van der Waals surface area contributed by atoms with Gasteiger partial charge in [0.05, 0.1) is 0 Å². The molecule has 1 saturated heterocycles. The SMILES string of the molecule is CCN(CC1CCNCC1)C(=O)c1ccc(C)c(Br)c1. The van der Waals surface area contributed by atoms with Crippen LogP contribution in [0.25, 0.3) is 0 Å². The second-order valence-corrected chi connectivity index (χ2v) is 6.36. The molecule has 0 aromatic heterocycles. The van der Waals surface area contributed by atoms with Crippen molar-refractivity contribution in [1.82, 2.24) is 10.2 Å². The highest BCUT2D eigenvalue weighted by Crippen LogP contribution is 2.20. The Labute approximate surface area is 129 Å². The van der Waals surface area contributed by atoms with E-state index in [0.29, 0.717) is 5.92 Å². The fourth-order valence-electron chi connectivity index (χ4n) is 2.64. The summed E-state index contributed by atoms with van der Waals surface area (Å²) in [5.41, 5.74) is 1.93. The van der Waals surface area contributed by atoms with Crippen molar-refractivity contribution < 1.29 is 4.79 Å². The summed E-state index contributed by atoms with van der Waals surface area (Å²) in [6.45, 7) is 7.89. The average molecular weight is 339 g/mol. The van der Waals surface area contributed by atoms with Crippen molar-refractivity contribution in [2.24, 2.45) is 5.92 Å². The Morgan fingerprint density at radius 2 is 2.10 bits per heavy atom. The number of rotatable bonds is 4. The zero-order chi connectivity index (χ0) is 14.5. The van der Waals surface area contributed by atoms with Gasteiger partial charge >= 0.3 is 0 Å². The third-order valence-electron chi connectivity index (χ3n) is 4.03. The van der Waals surface area contributed by atoms with Crippen molar-refractivity contribution in [3.05, 3.63) is 33.8 Å². The minimum Gasteiger partial charge on any atom is -0.339 e. The predicted molar refractivity (Wildman–Crippen MR) is 86.1 cm³/mol. The normalized spacial score (nSPS) is 16.1. The lowest BCUT2D eigenvalue weighted by Gasteiger charge is -2.29. The standard InChI is InChI=1S/C16H23BrN2O/c1-3-19(11-13-6-8-18-9-7-13)16(20)14-5-4-12(2)15(17)10-14/h4-5,10,13,18H,3,6-9,11H2,1-2H3. The van der Waals surface area contributed by atoms with Crippen LogP contribution in [0.4, 0.5) is 0 Å². The van der Waals surface area contributed by atoms with E-state index in [4.69, 9.17) is 0 Å². The summed E-state index contributed by atoms with van der Waals surface area (Å²) >= 11 is 3.50. The monoisotopic (exact) mass is 338 g/mol. The Morgan fingerprint density at radius 3 is 2.70 bits per heavy atom. The molecule has 1 aromatic carbocycles. The van der Waals surface area contributed by atoms with Gasteiger partial charge in [0.1, 0.15) is 0 Å². The third-order valence-corrected chi connectivity index (χ3v) is 4.88. The first kappa shape index (κ1) is 15.5. The van der Waals surface area contributed by atoms with Gasteiger partial charge in [-0.05, 0) is 63.4 Å². The van der Waals surface area contributed by atoms with Gasteiger partial charge in [-0.25, -0.2) is 0 Å². The first-order chi connectivity index (χ1) is 9.61. The number of aryl methyl sites for hydroxylation is 1. The fraction of sp³-hybridized carbons (Fsp3) is 0.562. The molecule has 0 unspecified atom stereocenters. The van der Waals surface area contributed by atoms with E-state index < -0.39 is 0 Å². The maximum atomic E-state index is 12.6. The molecular weight excluding hydrogens is 316 g/mol. The van der Waals surface area contributed by atoms with Gasteiger partial charge in [0.15, 0.2) is 0 Å². The summed E-state index contributed by atoms with van der Waals surface area (Å²) < 4.78 is 1.00. The van der Waals surface area contributed by atoms with Crippen LogP contribution in [0.2, 0.25) is 0 Å². The van der Waals surface area contributed by atoms with Gasteiger partial charge in [-0.15, -0.1) is 0 Å². The lowest BCUT2D eigenvalue weighted by molar-refractivity contribution is 0.0726. The van der Waals surface area contributed by atoms with Crippen molar-refractivity contribution in [2.75, 3.05) is 26.2 Å². The highest BCUT2D eigenvalue weighted by Gasteiger charge is 2.20. The maximum absolute atomic E-state index is 12.6. The number of nitrogens with one attached hydrogen (secondary N) is 1. The summed E-state index contributed by atoms with van der Waals surface area (Å²) in [6.07, 6.45) is 2.34. The summed E-state index contributed by atoms with van der Waals surface area (Å²) in [7, 11) is 0. The highest BCUT2D eigenvalue weighted by molar-refractivity contribution is 9.10. The molecule has 1 aromatic rings. The topological polar surface area (TPSA) is 32.3 Å². The molecule has 1 aliphatic heterocycles. The van der Waals surface area contributed by atoms with E-state index >= 15 is 0 Å². The summed E-state index contributed by atoms with van der Waals surface area (Å²) in [5.74, 6) is 0.778. The van der Waals surface area contributed by atoms with E-state index in [-0.39, 0.29) is 5.91 Å². The predicted octanol–water partition coefficient (Wildman–Crippen LogP) is 3.22. The van der Waals surface area contributed by atoms with Crippen LogP contribution >= 0.6 is 15.9 Å². The molecule has 3 nitrogen and oxygen atoms in total. The first-order valence-electron chi connectivity index (χ1n) is 7.38. The molecule has 0 aliphatic carbocycles. The van der Waals surface area contributed by atoms with Crippen molar-refractivity contribution in [1.29, 1.82) is 0 Å². The molecule has 1 heterocycles. The average Bonchev–Trinajstić information content (AvgIpc) is 2.48. The number of piperidine rings is 1. The van der Waals surface area contributed by atoms with Crippen molar-refractivity contribution in [3.63, 3.8) is 0 Å². The van der Waals surface area contributed by atoms with Crippen LogP contribution in [-0.2, 0) is 0 Å². The first-order valence-corrected chi connectivity index (χ1v) is 8.17. The number of halogens is 1. The molecule has 110 valence electrons. The van der Waals surface area contributed by atoms with E-state index in [0.717, 1.165) is 41.8 Å². The Kier molecular flexibility index (Phi) is 5.61. The molecule has 0 radical (unpaired) electrons. The number of carbonyl (C=O) groups excluding carboxylic acids is 1. The van der Waals surface area contributed by atoms with E-state index in [1.54, 1.807) is 0 Å². The quantitative estimate of drug-likeness (QED) is 0.914. The van der Waals surface area contributed by atoms with Crippen molar-refractivity contribution in [2.45, 2.75) is 26.7 Å². The highest BCUT2D eigenvalue weighted by atomic mass is 79.9. The Bertz CT molecular complexity index is 470. The molecular formula is C16H23BrN2O. The van der Waals surface area contributed by atoms with Gasteiger partial charge in [0.2, 0.25) is 0 Å². The minimum absolute atomic E-state index is 0.145. The number of benzene rings is 1. The minimum atomic E-state index is 0.145. The Balaban J connectivity index is 2.05. The van der Waals surface area contributed by atoms with Crippen LogP contribution in [-0.4, -0.2) is 37.0 Å². The van der Waals surface area contributed by atoms with E-state index in [9.17, 15) is 4.79 Å². The Hall–Kier alpha value is -0.870. The summed E-state index contributed by atoms with van der Waals surface area (Å²) in [4.78, 5) is 14.6. The molecule has 0 bridgehead atoms. The molecule has 1 amide bonds.